The lowest BCUT2D eigenvalue weighted by atomic mass is 10.1. The van der Waals surface area contributed by atoms with Crippen LogP contribution in [0.15, 0.2) is 41.1 Å². The van der Waals surface area contributed by atoms with Crippen LogP contribution in [-0.2, 0) is 16.6 Å². The smallest absolute Gasteiger partial charge is 0.242 e. The summed E-state index contributed by atoms with van der Waals surface area (Å²) in [4.78, 5) is 0.146. The highest BCUT2D eigenvalue weighted by Crippen LogP contribution is 2.32. The van der Waals surface area contributed by atoms with E-state index in [1.165, 1.54) is 37.0 Å². The molecule has 0 bridgehead atoms. The average Bonchev–Trinajstić information content (AvgIpc) is 2.81. The third-order valence-electron chi connectivity index (χ3n) is 3.71. The molecule has 1 aromatic carbocycles. The SMILES string of the molecule is Cc1c(-c2cccc(S(=O)(=O)N(C)C)c2)c(Cl)nn1C/C(F)=C/CN.Cl. The summed E-state index contributed by atoms with van der Waals surface area (Å²) in [5.74, 6) is -0.416. The quantitative estimate of drug-likeness (QED) is 0.775. The van der Waals surface area contributed by atoms with Crippen LogP contribution in [0, 0.1) is 6.92 Å². The Balaban J connectivity index is 0.00000338. The minimum atomic E-state index is -3.57. The number of halogens is 3. The highest BCUT2D eigenvalue weighted by atomic mass is 35.5. The Labute approximate surface area is 163 Å². The van der Waals surface area contributed by atoms with Gasteiger partial charge < -0.3 is 5.73 Å². The van der Waals surface area contributed by atoms with Crippen LogP contribution in [0.4, 0.5) is 4.39 Å². The lowest BCUT2D eigenvalue weighted by Crippen LogP contribution is -2.22. The average molecular weight is 423 g/mol. The summed E-state index contributed by atoms with van der Waals surface area (Å²) in [6, 6.07) is 6.41. The van der Waals surface area contributed by atoms with Crippen molar-refractivity contribution in [1.82, 2.24) is 14.1 Å². The normalized spacial score (nSPS) is 12.3. The molecule has 6 nitrogen and oxygen atoms in total. The summed E-state index contributed by atoms with van der Waals surface area (Å²) in [6.45, 7) is 1.76. The highest BCUT2D eigenvalue weighted by Gasteiger charge is 2.20. The van der Waals surface area contributed by atoms with E-state index in [4.69, 9.17) is 17.3 Å². The first-order chi connectivity index (χ1) is 11.7. The maximum atomic E-state index is 13.7. The summed E-state index contributed by atoms with van der Waals surface area (Å²) < 4.78 is 40.9. The molecule has 0 fully saturated rings. The molecule has 0 atom stereocenters. The van der Waals surface area contributed by atoms with E-state index < -0.39 is 15.9 Å². The van der Waals surface area contributed by atoms with E-state index in [1.807, 2.05) is 0 Å². The Morgan fingerprint density at radius 3 is 2.65 bits per heavy atom. The molecule has 0 aliphatic rings. The van der Waals surface area contributed by atoms with Crippen LogP contribution in [0.25, 0.3) is 11.1 Å². The first-order valence-electron chi connectivity index (χ1n) is 7.49. The van der Waals surface area contributed by atoms with E-state index in [-0.39, 0.29) is 35.5 Å². The number of nitrogens with two attached hydrogens (primary N) is 1. The van der Waals surface area contributed by atoms with Crippen molar-refractivity contribution in [3.63, 3.8) is 0 Å². The number of benzene rings is 1. The number of allylic oxidation sites excluding steroid dienone is 1. The summed E-state index contributed by atoms with van der Waals surface area (Å²) in [6.07, 6.45) is 1.26. The standard InChI is InChI=1S/C16H20ClFN4O2S.ClH/c1-11-15(16(17)20-22(11)10-13(18)7-8-19)12-5-4-6-14(9-12)25(23,24)21(2)3;/h4-7,9H,8,10,19H2,1-3H3;1H/b13-7-;. The van der Waals surface area contributed by atoms with Gasteiger partial charge in [-0.3, -0.25) is 4.68 Å². The van der Waals surface area contributed by atoms with Gasteiger partial charge in [0.25, 0.3) is 0 Å². The van der Waals surface area contributed by atoms with E-state index >= 15 is 0 Å². The van der Waals surface area contributed by atoms with Gasteiger partial charge in [-0.05, 0) is 30.7 Å². The van der Waals surface area contributed by atoms with Crippen molar-refractivity contribution in [1.29, 1.82) is 0 Å². The van der Waals surface area contributed by atoms with Gasteiger partial charge in [-0.15, -0.1) is 12.4 Å². The first-order valence-corrected chi connectivity index (χ1v) is 9.30. The van der Waals surface area contributed by atoms with Crippen LogP contribution in [0.1, 0.15) is 5.69 Å². The van der Waals surface area contributed by atoms with Crippen molar-refractivity contribution < 1.29 is 12.8 Å². The van der Waals surface area contributed by atoms with Crippen LogP contribution < -0.4 is 5.73 Å². The molecule has 26 heavy (non-hydrogen) atoms. The molecule has 0 aliphatic heterocycles. The van der Waals surface area contributed by atoms with Gasteiger partial charge in [-0.1, -0.05) is 23.7 Å². The number of sulfonamides is 1. The molecule has 1 heterocycles. The Bertz CT molecular complexity index is 911. The number of hydrogen-bond donors (Lipinski definition) is 1. The second-order valence-corrected chi connectivity index (χ2v) is 8.12. The molecule has 0 saturated heterocycles. The molecule has 0 aliphatic carbocycles. The maximum Gasteiger partial charge on any atom is 0.242 e. The lowest BCUT2D eigenvalue weighted by molar-refractivity contribution is 0.519. The molecule has 1 aromatic heterocycles. The Morgan fingerprint density at radius 2 is 2.08 bits per heavy atom. The van der Waals surface area contributed by atoms with E-state index in [0.717, 1.165) is 4.31 Å². The van der Waals surface area contributed by atoms with E-state index in [2.05, 4.69) is 5.10 Å². The molecule has 0 saturated carbocycles. The fourth-order valence-corrected chi connectivity index (χ4v) is 3.63. The molecule has 0 spiro atoms. The number of aromatic nitrogens is 2. The summed E-state index contributed by atoms with van der Waals surface area (Å²) in [5.41, 5.74) is 7.09. The van der Waals surface area contributed by atoms with Gasteiger partial charge in [0.05, 0.1) is 11.4 Å². The van der Waals surface area contributed by atoms with Crippen LogP contribution in [0.2, 0.25) is 5.15 Å². The minimum Gasteiger partial charge on any atom is -0.327 e. The number of hydrogen-bond acceptors (Lipinski definition) is 4. The summed E-state index contributed by atoms with van der Waals surface area (Å²) >= 11 is 6.22. The van der Waals surface area contributed by atoms with Gasteiger partial charge in [0.15, 0.2) is 5.15 Å². The Hall–Kier alpha value is -1.45. The number of rotatable bonds is 6. The molecular formula is C16H21Cl2FN4O2S. The second-order valence-electron chi connectivity index (χ2n) is 5.61. The third-order valence-corrected chi connectivity index (χ3v) is 5.78. The van der Waals surface area contributed by atoms with Gasteiger partial charge in [0.2, 0.25) is 10.0 Å². The van der Waals surface area contributed by atoms with Crippen LogP contribution in [0.5, 0.6) is 0 Å². The van der Waals surface area contributed by atoms with Crippen LogP contribution in [0.3, 0.4) is 0 Å². The zero-order valence-electron chi connectivity index (χ0n) is 14.6. The molecule has 144 valence electrons. The summed E-state index contributed by atoms with van der Waals surface area (Å²) in [7, 11) is -0.646. The Kier molecular flexibility index (Phi) is 7.79. The van der Waals surface area contributed by atoms with Gasteiger partial charge in [0.1, 0.15) is 5.83 Å². The molecule has 0 radical (unpaired) electrons. The second kappa shape index (κ2) is 8.96. The zero-order chi connectivity index (χ0) is 18.8. The Morgan fingerprint density at radius 1 is 1.42 bits per heavy atom. The van der Waals surface area contributed by atoms with Gasteiger partial charge in [-0.25, -0.2) is 17.1 Å². The highest BCUT2D eigenvalue weighted by molar-refractivity contribution is 7.89. The maximum absolute atomic E-state index is 13.7. The van der Waals surface area contributed by atoms with Gasteiger partial charge in [0, 0.05) is 31.9 Å². The third kappa shape index (κ3) is 4.63. The molecule has 2 rings (SSSR count). The van der Waals surface area contributed by atoms with E-state index in [0.29, 0.717) is 16.8 Å². The van der Waals surface area contributed by atoms with E-state index in [1.54, 1.807) is 19.1 Å². The molecule has 0 amide bonds. The van der Waals surface area contributed by atoms with Gasteiger partial charge in [-0.2, -0.15) is 5.10 Å². The molecule has 2 aromatic rings. The van der Waals surface area contributed by atoms with Crippen LogP contribution >= 0.6 is 24.0 Å². The summed E-state index contributed by atoms with van der Waals surface area (Å²) in [5, 5.41) is 4.31. The number of nitrogens with zero attached hydrogens (tertiary/aromatic N) is 3. The lowest BCUT2D eigenvalue weighted by Gasteiger charge is -2.12. The van der Waals surface area contributed by atoms with Crippen molar-refractivity contribution in [2.24, 2.45) is 5.73 Å². The fraction of sp³-hybridized carbons (Fsp3) is 0.312. The zero-order valence-corrected chi connectivity index (χ0v) is 17.0. The van der Waals surface area contributed by atoms with Crippen LogP contribution in [-0.4, -0.2) is 43.1 Å². The predicted molar refractivity (Wildman–Crippen MR) is 104 cm³/mol. The van der Waals surface area contributed by atoms with Crippen molar-refractivity contribution in [2.45, 2.75) is 18.4 Å². The molecule has 10 heteroatoms. The van der Waals surface area contributed by atoms with Crippen molar-refractivity contribution in [3.05, 3.63) is 47.0 Å². The van der Waals surface area contributed by atoms with Crippen molar-refractivity contribution in [2.75, 3.05) is 20.6 Å². The van der Waals surface area contributed by atoms with Crippen molar-refractivity contribution in [3.8, 4) is 11.1 Å². The molecule has 2 N–H and O–H groups in total. The predicted octanol–water partition coefficient (Wildman–Crippen LogP) is 3.00. The minimum absolute atomic E-state index is 0. The molecule has 0 unspecified atom stereocenters. The fourth-order valence-electron chi connectivity index (χ4n) is 2.35. The molecular weight excluding hydrogens is 402 g/mol. The van der Waals surface area contributed by atoms with E-state index in [9.17, 15) is 12.8 Å². The van der Waals surface area contributed by atoms with Crippen molar-refractivity contribution >= 4 is 34.0 Å². The first kappa shape index (κ1) is 22.6. The monoisotopic (exact) mass is 422 g/mol. The van der Waals surface area contributed by atoms with Gasteiger partial charge >= 0.3 is 0 Å². The largest absolute Gasteiger partial charge is 0.327 e. The topological polar surface area (TPSA) is 81.2 Å².